The lowest BCUT2D eigenvalue weighted by molar-refractivity contribution is -0.128. The molecular formula is C13H14N4O2. The second-order valence-corrected chi connectivity index (χ2v) is 4.75. The highest BCUT2D eigenvalue weighted by molar-refractivity contribution is 6.00. The minimum Gasteiger partial charge on any atom is -0.344 e. The zero-order valence-electron chi connectivity index (χ0n) is 10.5. The minimum atomic E-state index is -0.407. The lowest BCUT2D eigenvalue weighted by Crippen LogP contribution is -2.40. The number of fused-ring (bicyclic) bond motifs is 1. The van der Waals surface area contributed by atoms with Crippen LogP contribution in [0.2, 0.25) is 0 Å². The molecule has 1 aliphatic rings. The number of carbonyl (C=O) groups excluding carboxylic acids is 2. The highest BCUT2D eigenvalue weighted by Gasteiger charge is 2.30. The van der Waals surface area contributed by atoms with Gasteiger partial charge in [0.05, 0.1) is 11.7 Å². The molecule has 3 rings (SSSR count). The van der Waals surface area contributed by atoms with Crippen LogP contribution < -0.4 is 5.32 Å². The molecule has 1 unspecified atom stereocenters. The lowest BCUT2D eigenvalue weighted by Gasteiger charge is -2.12. The van der Waals surface area contributed by atoms with Crippen LogP contribution >= 0.6 is 0 Å². The van der Waals surface area contributed by atoms with E-state index in [9.17, 15) is 9.59 Å². The van der Waals surface area contributed by atoms with Gasteiger partial charge in [0.2, 0.25) is 5.91 Å². The number of benzene rings is 1. The van der Waals surface area contributed by atoms with Gasteiger partial charge in [-0.25, -0.2) is 0 Å². The second-order valence-electron chi connectivity index (χ2n) is 4.75. The Balaban J connectivity index is 1.78. The van der Waals surface area contributed by atoms with Crippen LogP contribution in [-0.4, -0.2) is 46.5 Å². The smallest absolute Gasteiger partial charge is 0.252 e. The van der Waals surface area contributed by atoms with Crippen molar-refractivity contribution in [3.63, 3.8) is 0 Å². The fraction of sp³-hybridized carbons (Fsp3) is 0.308. The maximum atomic E-state index is 12.1. The molecule has 2 N–H and O–H groups in total. The monoisotopic (exact) mass is 258 g/mol. The Hall–Kier alpha value is -2.37. The summed E-state index contributed by atoms with van der Waals surface area (Å²) in [5.74, 6) is -0.263. The number of aromatic nitrogens is 2. The van der Waals surface area contributed by atoms with Crippen molar-refractivity contribution >= 4 is 22.7 Å². The normalized spacial score (nSPS) is 19.1. The summed E-state index contributed by atoms with van der Waals surface area (Å²) in [6.45, 7) is 0.684. The van der Waals surface area contributed by atoms with E-state index in [2.05, 4.69) is 15.5 Å². The molecule has 0 bridgehead atoms. The first-order chi connectivity index (χ1) is 9.15. The lowest BCUT2D eigenvalue weighted by atomic mass is 10.1. The molecule has 1 aromatic carbocycles. The van der Waals surface area contributed by atoms with E-state index in [0.717, 1.165) is 10.9 Å². The fourth-order valence-corrected chi connectivity index (χ4v) is 2.28. The molecule has 6 heteroatoms. The maximum Gasteiger partial charge on any atom is 0.252 e. The molecule has 0 saturated carbocycles. The minimum absolute atomic E-state index is 0.0315. The Morgan fingerprint density at radius 2 is 2.37 bits per heavy atom. The van der Waals surface area contributed by atoms with Gasteiger partial charge in [-0.15, -0.1) is 0 Å². The van der Waals surface area contributed by atoms with Gasteiger partial charge in [0.15, 0.2) is 0 Å². The predicted octanol–water partition coefficient (Wildman–Crippen LogP) is 0.523. The molecule has 0 aliphatic carbocycles. The molecule has 2 heterocycles. The van der Waals surface area contributed by atoms with Crippen molar-refractivity contribution in [2.24, 2.45) is 0 Å². The number of likely N-dealkylation sites (N-methyl/N-ethyl adjacent to an activating group) is 1. The van der Waals surface area contributed by atoms with E-state index in [1.165, 1.54) is 0 Å². The van der Waals surface area contributed by atoms with Crippen LogP contribution in [0, 0.1) is 0 Å². The summed E-state index contributed by atoms with van der Waals surface area (Å²) in [4.78, 5) is 25.5. The molecule has 1 fully saturated rings. The number of nitrogens with zero attached hydrogens (tertiary/aromatic N) is 2. The Morgan fingerprint density at radius 3 is 3.11 bits per heavy atom. The summed E-state index contributed by atoms with van der Waals surface area (Å²) in [5, 5.41) is 10.4. The van der Waals surface area contributed by atoms with Gasteiger partial charge >= 0.3 is 0 Å². The van der Waals surface area contributed by atoms with Crippen molar-refractivity contribution < 1.29 is 9.59 Å². The van der Waals surface area contributed by atoms with Crippen LogP contribution in [0.4, 0.5) is 0 Å². The van der Waals surface area contributed by atoms with Crippen LogP contribution in [0.15, 0.2) is 24.4 Å². The quantitative estimate of drug-likeness (QED) is 0.824. The number of carbonyl (C=O) groups is 2. The zero-order valence-corrected chi connectivity index (χ0v) is 10.5. The van der Waals surface area contributed by atoms with Crippen LogP contribution in [-0.2, 0) is 4.79 Å². The zero-order chi connectivity index (χ0) is 13.4. The van der Waals surface area contributed by atoms with Crippen LogP contribution in [0.1, 0.15) is 16.8 Å². The number of aromatic amines is 1. The Morgan fingerprint density at radius 1 is 1.53 bits per heavy atom. The second kappa shape index (κ2) is 4.38. The van der Waals surface area contributed by atoms with Crippen LogP contribution in [0.3, 0.4) is 0 Å². The van der Waals surface area contributed by atoms with E-state index in [0.29, 0.717) is 18.5 Å². The molecule has 1 atom stereocenters. The van der Waals surface area contributed by atoms with E-state index in [1.54, 1.807) is 30.3 Å². The van der Waals surface area contributed by atoms with Gasteiger partial charge in [0.1, 0.15) is 6.04 Å². The van der Waals surface area contributed by atoms with E-state index in [1.807, 2.05) is 6.07 Å². The fourth-order valence-electron chi connectivity index (χ4n) is 2.28. The first-order valence-electron chi connectivity index (χ1n) is 6.14. The molecule has 6 nitrogen and oxygen atoms in total. The standard InChI is InChI=1S/C13H14N4O2/c1-17-5-4-10(13(17)19)15-12(18)8-2-3-9-7-14-16-11(9)6-8/h2-3,6-7,10H,4-5H2,1H3,(H,14,16)(H,15,18). The molecule has 1 saturated heterocycles. The third-order valence-electron chi connectivity index (χ3n) is 3.44. The molecular weight excluding hydrogens is 244 g/mol. The van der Waals surface area contributed by atoms with E-state index < -0.39 is 6.04 Å². The SMILES string of the molecule is CN1CCC(NC(=O)c2ccc3cn[nH]c3c2)C1=O. The van der Waals surface area contributed by atoms with Crippen molar-refractivity contribution in [3.05, 3.63) is 30.0 Å². The van der Waals surface area contributed by atoms with Gasteiger partial charge in [-0.3, -0.25) is 14.7 Å². The number of hydrogen-bond donors (Lipinski definition) is 2. The van der Waals surface area contributed by atoms with Crippen molar-refractivity contribution in [1.82, 2.24) is 20.4 Å². The van der Waals surface area contributed by atoms with Gasteiger partial charge < -0.3 is 10.2 Å². The summed E-state index contributed by atoms with van der Waals surface area (Å²) in [6.07, 6.45) is 2.36. The Labute approximate surface area is 109 Å². The summed E-state index contributed by atoms with van der Waals surface area (Å²) < 4.78 is 0. The Bertz CT molecular complexity index is 649. The highest BCUT2D eigenvalue weighted by Crippen LogP contribution is 2.14. The van der Waals surface area contributed by atoms with E-state index >= 15 is 0 Å². The molecule has 1 aliphatic heterocycles. The number of nitrogens with one attached hydrogen (secondary N) is 2. The van der Waals surface area contributed by atoms with Gasteiger partial charge in [0, 0.05) is 24.5 Å². The summed E-state index contributed by atoms with van der Waals surface area (Å²) >= 11 is 0. The number of H-pyrrole nitrogens is 1. The molecule has 2 amide bonds. The van der Waals surface area contributed by atoms with Crippen molar-refractivity contribution in [3.8, 4) is 0 Å². The van der Waals surface area contributed by atoms with Gasteiger partial charge in [-0.05, 0) is 18.6 Å². The average molecular weight is 258 g/mol. The van der Waals surface area contributed by atoms with Crippen molar-refractivity contribution in [2.45, 2.75) is 12.5 Å². The van der Waals surface area contributed by atoms with Gasteiger partial charge in [-0.1, -0.05) is 6.07 Å². The van der Waals surface area contributed by atoms with Crippen molar-refractivity contribution in [1.29, 1.82) is 0 Å². The Kier molecular flexibility index (Phi) is 2.70. The maximum absolute atomic E-state index is 12.1. The highest BCUT2D eigenvalue weighted by atomic mass is 16.2. The molecule has 98 valence electrons. The number of rotatable bonds is 2. The molecule has 1 aromatic heterocycles. The summed E-state index contributed by atoms with van der Waals surface area (Å²) in [7, 11) is 1.74. The van der Waals surface area contributed by atoms with Gasteiger partial charge in [0.25, 0.3) is 5.91 Å². The number of hydrogen-bond acceptors (Lipinski definition) is 3. The van der Waals surface area contributed by atoms with E-state index in [4.69, 9.17) is 0 Å². The first kappa shape index (κ1) is 11.7. The number of amides is 2. The summed E-state index contributed by atoms with van der Waals surface area (Å²) in [6, 6.07) is 4.89. The summed E-state index contributed by atoms with van der Waals surface area (Å²) in [5.41, 5.74) is 1.33. The number of likely N-dealkylation sites (tertiary alicyclic amines) is 1. The molecule has 19 heavy (non-hydrogen) atoms. The largest absolute Gasteiger partial charge is 0.344 e. The van der Waals surface area contributed by atoms with Gasteiger partial charge in [-0.2, -0.15) is 5.10 Å². The van der Waals surface area contributed by atoms with E-state index in [-0.39, 0.29) is 11.8 Å². The molecule has 0 radical (unpaired) electrons. The molecule has 2 aromatic rings. The van der Waals surface area contributed by atoms with Crippen molar-refractivity contribution in [2.75, 3.05) is 13.6 Å². The predicted molar refractivity (Wildman–Crippen MR) is 69.6 cm³/mol. The third-order valence-corrected chi connectivity index (χ3v) is 3.44. The molecule has 0 spiro atoms. The van der Waals surface area contributed by atoms with Crippen LogP contribution in [0.25, 0.3) is 10.9 Å². The topological polar surface area (TPSA) is 78.1 Å². The first-order valence-corrected chi connectivity index (χ1v) is 6.14. The average Bonchev–Trinajstić information content (AvgIpc) is 2.99. The van der Waals surface area contributed by atoms with Crippen LogP contribution in [0.5, 0.6) is 0 Å². The third kappa shape index (κ3) is 2.05.